The summed E-state index contributed by atoms with van der Waals surface area (Å²) < 4.78 is 5.16. The van der Waals surface area contributed by atoms with Crippen LogP contribution >= 0.6 is 0 Å². The van der Waals surface area contributed by atoms with Gasteiger partial charge in [-0.05, 0) is 55.0 Å². The number of benzene rings is 3. The molecule has 0 radical (unpaired) electrons. The standard InChI is InChI=1S/C24H21NO4/c1-24(2,23(27)28)25-22(26)21-15-11-17-6-4-5-7-19(17)20(21)14-10-16-8-12-18(29-3)13-9-16/h4-9,11-13,15H,1-3H3,(H,25,26)(H,27,28). The first-order valence-electron chi connectivity index (χ1n) is 9.05. The fourth-order valence-corrected chi connectivity index (χ4v) is 2.81. The van der Waals surface area contributed by atoms with Crippen molar-refractivity contribution in [2.45, 2.75) is 19.4 Å². The molecule has 3 rings (SSSR count). The third kappa shape index (κ3) is 4.39. The minimum Gasteiger partial charge on any atom is -0.497 e. The van der Waals surface area contributed by atoms with E-state index in [1.54, 1.807) is 13.2 Å². The molecule has 1 amide bonds. The van der Waals surface area contributed by atoms with Gasteiger partial charge in [0, 0.05) is 11.1 Å². The molecule has 2 N–H and O–H groups in total. The Bertz CT molecular complexity index is 1130. The smallest absolute Gasteiger partial charge is 0.328 e. The van der Waals surface area contributed by atoms with Crippen LogP contribution in [0.4, 0.5) is 0 Å². The molecule has 0 aromatic heterocycles. The number of fused-ring (bicyclic) bond motifs is 1. The predicted molar refractivity (Wildman–Crippen MR) is 112 cm³/mol. The Hall–Kier alpha value is -3.78. The average molecular weight is 387 g/mol. The maximum absolute atomic E-state index is 12.9. The van der Waals surface area contributed by atoms with E-state index >= 15 is 0 Å². The lowest BCUT2D eigenvalue weighted by atomic mass is 9.97. The van der Waals surface area contributed by atoms with Crippen LogP contribution in [0, 0.1) is 11.8 Å². The number of carbonyl (C=O) groups excluding carboxylic acids is 1. The number of carboxylic acid groups (broad SMARTS) is 1. The fourth-order valence-electron chi connectivity index (χ4n) is 2.81. The molecule has 0 saturated carbocycles. The first-order chi connectivity index (χ1) is 13.8. The second kappa shape index (κ2) is 8.07. The summed E-state index contributed by atoms with van der Waals surface area (Å²) in [6, 6.07) is 18.4. The van der Waals surface area contributed by atoms with E-state index in [4.69, 9.17) is 4.74 Å². The maximum atomic E-state index is 12.9. The molecule has 0 aliphatic carbocycles. The molecule has 146 valence electrons. The normalized spacial score (nSPS) is 10.7. The molecule has 0 aliphatic rings. The fraction of sp³-hybridized carbons (Fsp3) is 0.167. The number of hydrogen-bond acceptors (Lipinski definition) is 3. The Labute approximate surface area is 169 Å². The quantitative estimate of drug-likeness (QED) is 0.667. The molecule has 0 bridgehead atoms. The number of hydrogen-bond donors (Lipinski definition) is 2. The highest BCUT2D eigenvalue weighted by Crippen LogP contribution is 2.23. The SMILES string of the molecule is COc1ccc(C#Cc2c(C(=O)NC(C)(C)C(=O)O)ccc3ccccc23)cc1. The van der Waals surface area contributed by atoms with E-state index in [1.165, 1.54) is 13.8 Å². The van der Waals surface area contributed by atoms with Gasteiger partial charge in [0.2, 0.25) is 0 Å². The van der Waals surface area contributed by atoms with Crippen molar-refractivity contribution >= 4 is 22.6 Å². The molecular weight excluding hydrogens is 366 g/mol. The van der Waals surface area contributed by atoms with E-state index in [9.17, 15) is 14.7 Å². The predicted octanol–water partition coefficient (Wildman–Crippen LogP) is 3.84. The number of carboxylic acids is 1. The molecule has 3 aromatic carbocycles. The van der Waals surface area contributed by atoms with Crippen LogP contribution < -0.4 is 10.1 Å². The van der Waals surface area contributed by atoms with Crippen LogP contribution in [-0.4, -0.2) is 29.6 Å². The summed E-state index contributed by atoms with van der Waals surface area (Å²) in [6.45, 7) is 2.88. The van der Waals surface area contributed by atoms with Crippen molar-refractivity contribution in [2.24, 2.45) is 0 Å². The number of methoxy groups -OCH3 is 1. The van der Waals surface area contributed by atoms with Crippen molar-refractivity contribution < 1.29 is 19.4 Å². The Balaban J connectivity index is 2.08. The van der Waals surface area contributed by atoms with Gasteiger partial charge in [0.25, 0.3) is 5.91 Å². The van der Waals surface area contributed by atoms with Gasteiger partial charge in [0.1, 0.15) is 11.3 Å². The number of carbonyl (C=O) groups is 2. The molecule has 0 unspecified atom stereocenters. The first kappa shape index (κ1) is 20.0. The molecule has 5 nitrogen and oxygen atoms in total. The van der Waals surface area contributed by atoms with Crippen LogP contribution in [0.1, 0.15) is 35.3 Å². The van der Waals surface area contributed by atoms with Crippen LogP contribution in [0.2, 0.25) is 0 Å². The summed E-state index contributed by atoms with van der Waals surface area (Å²) in [7, 11) is 1.60. The minimum absolute atomic E-state index is 0.332. The lowest BCUT2D eigenvalue weighted by molar-refractivity contribution is -0.143. The third-order valence-electron chi connectivity index (χ3n) is 4.56. The molecule has 0 aliphatic heterocycles. The molecule has 0 atom stereocenters. The van der Waals surface area contributed by atoms with Crippen molar-refractivity contribution in [1.29, 1.82) is 0 Å². The van der Waals surface area contributed by atoms with Gasteiger partial charge in [-0.25, -0.2) is 4.79 Å². The molecule has 0 spiro atoms. The zero-order chi connectivity index (χ0) is 21.0. The zero-order valence-electron chi connectivity index (χ0n) is 16.4. The molecule has 5 heteroatoms. The monoisotopic (exact) mass is 387 g/mol. The zero-order valence-corrected chi connectivity index (χ0v) is 16.4. The topological polar surface area (TPSA) is 75.6 Å². The highest BCUT2D eigenvalue weighted by Gasteiger charge is 2.30. The lowest BCUT2D eigenvalue weighted by Crippen LogP contribution is -2.49. The molecule has 3 aromatic rings. The highest BCUT2D eigenvalue weighted by molar-refractivity contribution is 6.04. The van der Waals surface area contributed by atoms with Gasteiger partial charge in [-0.3, -0.25) is 4.79 Å². The summed E-state index contributed by atoms with van der Waals surface area (Å²) in [5, 5.41) is 13.7. The molecule has 0 heterocycles. The largest absolute Gasteiger partial charge is 0.497 e. The van der Waals surface area contributed by atoms with E-state index < -0.39 is 17.4 Å². The van der Waals surface area contributed by atoms with E-state index in [0.717, 1.165) is 22.1 Å². The van der Waals surface area contributed by atoms with Gasteiger partial charge in [0.05, 0.1) is 12.7 Å². The Morgan fingerprint density at radius 1 is 0.966 bits per heavy atom. The summed E-state index contributed by atoms with van der Waals surface area (Å²) in [5.41, 5.74) is 0.260. The highest BCUT2D eigenvalue weighted by atomic mass is 16.5. The number of nitrogens with one attached hydrogen (secondary N) is 1. The van der Waals surface area contributed by atoms with Gasteiger partial charge in [-0.2, -0.15) is 0 Å². The van der Waals surface area contributed by atoms with Crippen LogP contribution in [0.3, 0.4) is 0 Å². The average Bonchev–Trinajstić information content (AvgIpc) is 2.71. The van der Waals surface area contributed by atoms with E-state index in [2.05, 4.69) is 17.2 Å². The van der Waals surface area contributed by atoms with Crippen molar-refractivity contribution in [3.63, 3.8) is 0 Å². The van der Waals surface area contributed by atoms with Crippen LogP contribution in [0.25, 0.3) is 10.8 Å². The van der Waals surface area contributed by atoms with Gasteiger partial charge < -0.3 is 15.2 Å². The molecular formula is C24H21NO4. The van der Waals surface area contributed by atoms with Crippen LogP contribution in [0.15, 0.2) is 60.7 Å². The number of ether oxygens (including phenoxy) is 1. The van der Waals surface area contributed by atoms with Gasteiger partial charge in [-0.15, -0.1) is 0 Å². The Kier molecular flexibility index (Phi) is 5.56. The van der Waals surface area contributed by atoms with E-state index in [0.29, 0.717) is 11.1 Å². The summed E-state index contributed by atoms with van der Waals surface area (Å²) in [5.74, 6) is 5.33. The number of aliphatic carboxylic acids is 1. The summed E-state index contributed by atoms with van der Waals surface area (Å²) in [6.07, 6.45) is 0. The maximum Gasteiger partial charge on any atom is 0.328 e. The number of amides is 1. The molecule has 0 fully saturated rings. The lowest BCUT2D eigenvalue weighted by Gasteiger charge is -2.21. The Morgan fingerprint density at radius 2 is 1.66 bits per heavy atom. The van der Waals surface area contributed by atoms with Crippen molar-refractivity contribution in [1.82, 2.24) is 5.32 Å². The Morgan fingerprint density at radius 3 is 2.31 bits per heavy atom. The number of rotatable bonds is 4. The van der Waals surface area contributed by atoms with Gasteiger partial charge >= 0.3 is 5.97 Å². The second-order valence-corrected chi connectivity index (χ2v) is 7.07. The molecule has 29 heavy (non-hydrogen) atoms. The van der Waals surface area contributed by atoms with Crippen molar-refractivity contribution in [3.05, 3.63) is 77.4 Å². The minimum atomic E-state index is -1.40. The second-order valence-electron chi connectivity index (χ2n) is 7.07. The van der Waals surface area contributed by atoms with E-state index in [1.807, 2.05) is 54.6 Å². The van der Waals surface area contributed by atoms with Gasteiger partial charge in [0.15, 0.2) is 0 Å². The first-order valence-corrected chi connectivity index (χ1v) is 9.05. The van der Waals surface area contributed by atoms with E-state index in [-0.39, 0.29) is 0 Å². The third-order valence-corrected chi connectivity index (χ3v) is 4.56. The van der Waals surface area contributed by atoms with Crippen LogP contribution in [0.5, 0.6) is 5.75 Å². The van der Waals surface area contributed by atoms with Crippen molar-refractivity contribution in [2.75, 3.05) is 7.11 Å². The molecule has 0 saturated heterocycles. The van der Waals surface area contributed by atoms with Gasteiger partial charge in [-0.1, -0.05) is 42.2 Å². The van der Waals surface area contributed by atoms with Crippen molar-refractivity contribution in [3.8, 4) is 17.6 Å². The summed E-state index contributed by atoms with van der Waals surface area (Å²) in [4.78, 5) is 24.3. The summed E-state index contributed by atoms with van der Waals surface area (Å²) >= 11 is 0. The van der Waals surface area contributed by atoms with Crippen LogP contribution in [-0.2, 0) is 4.79 Å².